The van der Waals surface area contributed by atoms with E-state index < -0.39 is 0 Å². The normalized spacial score (nSPS) is 10.8. The van der Waals surface area contributed by atoms with Crippen molar-refractivity contribution in [1.82, 2.24) is 14.8 Å². The van der Waals surface area contributed by atoms with Gasteiger partial charge < -0.3 is 0 Å². The van der Waals surface area contributed by atoms with Crippen LogP contribution >= 0.6 is 11.8 Å². The molecule has 4 heteroatoms. The lowest BCUT2D eigenvalue weighted by atomic mass is 10.1. The number of rotatable bonds is 5. The second-order valence-corrected chi connectivity index (χ2v) is 6.10. The molecule has 22 heavy (non-hydrogen) atoms. The summed E-state index contributed by atoms with van der Waals surface area (Å²) in [6.45, 7) is 4.16. The molecule has 3 rings (SSSR count). The van der Waals surface area contributed by atoms with Crippen molar-refractivity contribution in [2.24, 2.45) is 0 Å². The Hall–Kier alpha value is -2.07. The summed E-state index contributed by atoms with van der Waals surface area (Å²) in [5, 5.41) is 9.50. The number of thioether (sulfide) groups is 1. The summed E-state index contributed by atoms with van der Waals surface area (Å²) in [7, 11) is 0. The zero-order valence-corrected chi connectivity index (χ0v) is 13.7. The van der Waals surface area contributed by atoms with E-state index in [1.807, 2.05) is 13.0 Å². The summed E-state index contributed by atoms with van der Waals surface area (Å²) < 4.78 is 2.12. The Bertz CT molecular complexity index is 733. The van der Waals surface area contributed by atoms with E-state index in [4.69, 9.17) is 0 Å². The van der Waals surface area contributed by atoms with Gasteiger partial charge in [0.1, 0.15) is 5.82 Å². The van der Waals surface area contributed by atoms with Crippen LogP contribution in [0, 0.1) is 6.92 Å². The van der Waals surface area contributed by atoms with Crippen LogP contribution in [0.4, 0.5) is 0 Å². The highest BCUT2D eigenvalue weighted by molar-refractivity contribution is 7.98. The number of benzene rings is 2. The van der Waals surface area contributed by atoms with Crippen LogP contribution in [0.3, 0.4) is 0 Å². The maximum atomic E-state index is 4.33. The number of hydrogen-bond acceptors (Lipinski definition) is 3. The summed E-state index contributed by atoms with van der Waals surface area (Å²) >= 11 is 1.72. The van der Waals surface area contributed by atoms with Crippen LogP contribution in [0.5, 0.6) is 0 Å². The van der Waals surface area contributed by atoms with Gasteiger partial charge in [-0.05, 0) is 36.6 Å². The van der Waals surface area contributed by atoms with Crippen LogP contribution in [-0.2, 0) is 12.2 Å². The smallest absolute Gasteiger partial charge is 0.196 e. The fourth-order valence-electron chi connectivity index (χ4n) is 2.34. The summed E-state index contributed by atoms with van der Waals surface area (Å²) in [5.41, 5.74) is 3.75. The minimum atomic E-state index is 0.895. The predicted octanol–water partition coefficient (Wildman–Crippen LogP) is 4.43. The first-order valence-corrected chi connectivity index (χ1v) is 8.44. The van der Waals surface area contributed by atoms with E-state index in [0.29, 0.717) is 0 Å². The third kappa shape index (κ3) is 3.22. The topological polar surface area (TPSA) is 30.7 Å². The molecule has 112 valence electrons. The summed E-state index contributed by atoms with van der Waals surface area (Å²) in [6, 6.07) is 19.1. The number of hydrogen-bond donors (Lipinski definition) is 0. The Labute approximate surface area is 135 Å². The number of nitrogens with zero attached hydrogens (tertiary/aromatic N) is 3. The van der Waals surface area contributed by atoms with Crippen molar-refractivity contribution in [3.8, 4) is 5.69 Å². The fourth-order valence-corrected chi connectivity index (χ4v) is 3.29. The third-order valence-electron chi connectivity index (χ3n) is 3.61. The van der Waals surface area contributed by atoms with Gasteiger partial charge in [0.15, 0.2) is 5.16 Å². The van der Waals surface area contributed by atoms with Crippen molar-refractivity contribution in [3.63, 3.8) is 0 Å². The van der Waals surface area contributed by atoms with Crippen LogP contribution in [0.2, 0.25) is 0 Å². The standard InChI is InChI=1S/C18H19N3S/c1-3-15-9-11-17(12-10-15)21-14(2)19-20-18(21)22-13-16-7-5-4-6-8-16/h4-12H,3,13H2,1-2H3. The molecule has 0 aliphatic rings. The minimum absolute atomic E-state index is 0.895. The molecule has 0 aliphatic heterocycles. The van der Waals surface area contributed by atoms with Crippen molar-refractivity contribution in [2.75, 3.05) is 0 Å². The van der Waals surface area contributed by atoms with E-state index in [0.717, 1.165) is 28.8 Å². The van der Waals surface area contributed by atoms with Gasteiger partial charge in [-0.15, -0.1) is 10.2 Å². The third-order valence-corrected chi connectivity index (χ3v) is 4.61. The van der Waals surface area contributed by atoms with Crippen molar-refractivity contribution < 1.29 is 0 Å². The van der Waals surface area contributed by atoms with E-state index in [-0.39, 0.29) is 0 Å². The average molecular weight is 309 g/mol. The molecule has 0 amide bonds. The average Bonchev–Trinajstić information content (AvgIpc) is 2.95. The molecule has 2 aromatic carbocycles. The molecule has 1 heterocycles. The van der Waals surface area contributed by atoms with Gasteiger partial charge in [0.05, 0.1) is 0 Å². The van der Waals surface area contributed by atoms with Crippen LogP contribution in [0.1, 0.15) is 23.9 Å². The Morgan fingerprint density at radius 1 is 0.909 bits per heavy atom. The van der Waals surface area contributed by atoms with Gasteiger partial charge in [-0.3, -0.25) is 4.57 Å². The second-order valence-electron chi connectivity index (χ2n) is 5.16. The van der Waals surface area contributed by atoms with Crippen LogP contribution in [0.25, 0.3) is 5.69 Å². The Morgan fingerprint density at radius 2 is 1.64 bits per heavy atom. The Balaban J connectivity index is 1.83. The SMILES string of the molecule is CCc1ccc(-n2c(C)nnc2SCc2ccccc2)cc1. The quantitative estimate of drug-likeness (QED) is 0.653. The first-order valence-electron chi connectivity index (χ1n) is 7.46. The summed E-state index contributed by atoms with van der Waals surface area (Å²) in [4.78, 5) is 0. The Morgan fingerprint density at radius 3 is 2.32 bits per heavy atom. The van der Waals surface area contributed by atoms with Gasteiger partial charge in [0.2, 0.25) is 0 Å². The molecule has 0 aliphatic carbocycles. The molecule has 3 aromatic rings. The molecule has 0 radical (unpaired) electrons. The minimum Gasteiger partial charge on any atom is -0.274 e. The molecule has 3 nitrogen and oxygen atoms in total. The largest absolute Gasteiger partial charge is 0.274 e. The van der Waals surface area contributed by atoms with Crippen molar-refractivity contribution in [2.45, 2.75) is 31.2 Å². The predicted molar refractivity (Wildman–Crippen MR) is 91.5 cm³/mol. The zero-order chi connectivity index (χ0) is 15.4. The van der Waals surface area contributed by atoms with E-state index in [9.17, 15) is 0 Å². The van der Waals surface area contributed by atoms with Crippen LogP contribution in [-0.4, -0.2) is 14.8 Å². The Kier molecular flexibility index (Phi) is 4.59. The zero-order valence-electron chi connectivity index (χ0n) is 12.9. The summed E-state index contributed by atoms with van der Waals surface area (Å²) in [5.74, 6) is 1.81. The fraction of sp³-hybridized carbons (Fsp3) is 0.222. The molecule has 0 saturated carbocycles. The molecule has 1 aromatic heterocycles. The highest BCUT2D eigenvalue weighted by Gasteiger charge is 2.11. The lowest BCUT2D eigenvalue weighted by Gasteiger charge is -2.09. The molecule has 0 unspecified atom stereocenters. The van der Waals surface area contributed by atoms with Crippen molar-refractivity contribution in [3.05, 3.63) is 71.5 Å². The molecule has 0 atom stereocenters. The van der Waals surface area contributed by atoms with Crippen LogP contribution < -0.4 is 0 Å². The molecular weight excluding hydrogens is 290 g/mol. The van der Waals surface area contributed by atoms with Crippen molar-refractivity contribution in [1.29, 1.82) is 0 Å². The molecule has 0 spiro atoms. The van der Waals surface area contributed by atoms with Gasteiger partial charge >= 0.3 is 0 Å². The van der Waals surface area contributed by atoms with Crippen LogP contribution in [0.15, 0.2) is 59.8 Å². The maximum Gasteiger partial charge on any atom is 0.196 e. The maximum absolute atomic E-state index is 4.33. The van der Waals surface area contributed by atoms with E-state index in [1.54, 1.807) is 11.8 Å². The second kappa shape index (κ2) is 6.79. The molecule has 0 N–H and O–H groups in total. The van der Waals surface area contributed by atoms with E-state index in [2.05, 4.69) is 70.2 Å². The highest BCUT2D eigenvalue weighted by atomic mass is 32.2. The molecule has 0 bridgehead atoms. The first kappa shape index (κ1) is 14.9. The molecular formula is C18H19N3S. The molecule has 0 saturated heterocycles. The molecule has 0 fully saturated rings. The van der Waals surface area contributed by atoms with E-state index in [1.165, 1.54) is 11.1 Å². The number of aromatic nitrogens is 3. The summed E-state index contributed by atoms with van der Waals surface area (Å²) in [6.07, 6.45) is 1.05. The van der Waals surface area contributed by atoms with Gasteiger partial charge in [-0.25, -0.2) is 0 Å². The van der Waals surface area contributed by atoms with Gasteiger partial charge in [0.25, 0.3) is 0 Å². The first-order chi connectivity index (χ1) is 10.8. The monoisotopic (exact) mass is 309 g/mol. The van der Waals surface area contributed by atoms with Gasteiger partial charge in [-0.2, -0.15) is 0 Å². The lowest BCUT2D eigenvalue weighted by Crippen LogP contribution is -1.99. The van der Waals surface area contributed by atoms with Gasteiger partial charge in [-0.1, -0.05) is 61.2 Å². The van der Waals surface area contributed by atoms with E-state index >= 15 is 0 Å². The van der Waals surface area contributed by atoms with Crippen molar-refractivity contribution >= 4 is 11.8 Å². The number of aryl methyl sites for hydroxylation is 2. The highest BCUT2D eigenvalue weighted by Crippen LogP contribution is 2.25. The van der Waals surface area contributed by atoms with Gasteiger partial charge in [0, 0.05) is 11.4 Å². The lowest BCUT2D eigenvalue weighted by molar-refractivity contribution is 0.867.